The normalized spacial score (nSPS) is 13.8. The highest BCUT2D eigenvalue weighted by Gasteiger charge is 2.17. The molecule has 0 saturated heterocycles. The van der Waals surface area contributed by atoms with Crippen LogP contribution < -0.4 is 4.90 Å². The van der Waals surface area contributed by atoms with Crippen LogP contribution in [0.5, 0.6) is 0 Å². The summed E-state index contributed by atoms with van der Waals surface area (Å²) >= 11 is 0. The Bertz CT molecular complexity index is 624. The zero-order chi connectivity index (χ0) is 18.1. The van der Waals surface area contributed by atoms with Crippen LogP contribution in [0, 0.1) is 6.92 Å². The van der Waals surface area contributed by atoms with E-state index in [1.54, 1.807) is 7.11 Å². The van der Waals surface area contributed by atoms with Gasteiger partial charge in [0.2, 0.25) is 0 Å². The lowest BCUT2D eigenvalue weighted by Gasteiger charge is -2.23. The molecule has 0 fully saturated rings. The second-order valence-corrected chi connectivity index (χ2v) is 6.87. The maximum Gasteiger partial charge on any atom is 0.118 e. The molecule has 4 nitrogen and oxygen atoms in total. The average Bonchev–Trinajstić information content (AvgIpc) is 3.02. The topological polar surface area (TPSA) is 38.8 Å². The van der Waals surface area contributed by atoms with E-state index in [9.17, 15) is 5.11 Å². The van der Waals surface area contributed by atoms with Crippen molar-refractivity contribution in [1.82, 2.24) is 4.57 Å². The third kappa shape index (κ3) is 6.31. The Morgan fingerprint density at radius 3 is 2.72 bits per heavy atom. The van der Waals surface area contributed by atoms with Gasteiger partial charge in [0.15, 0.2) is 0 Å². The Kier molecular flexibility index (Phi) is 8.19. The molecule has 2 N–H and O–H groups in total. The number of aliphatic hydroxyl groups excluding tert-OH is 1. The zero-order valence-electron chi connectivity index (χ0n) is 15.9. The Balaban J connectivity index is 2.06. The summed E-state index contributed by atoms with van der Waals surface area (Å²) in [5.41, 5.74) is 3.98. The van der Waals surface area contributed by atoms with Crippen LogP contribution in [-0.2, 0) is 17.8 Å². The molecule has 2 aromatic rings. The molecule has 0 aliphatic rings. The van der Waals surface area contributed by atoms with Gasteiger partial charge in [0, 0.05) is 19.9 Å². The van der Waals surface area contributed by atoms with E-state index in [-0.39, 0.29) is 6.10 Å². The molecule has 138 valence electrons. The number of hydrogen-bond acceptors (Lipinski definition) is 2. The monoisotopic (exact) mass is 345 g/mol. The number of aryl methyl sites for hydroxylation is 1. The van der Waals surface area contributed by atoms with Gasteiger partial charge in [-0.15, -0.1) is 0 Å². The van der Waals surface area contributed by atoms with Crippen molar-refractivity contribution in [3.05, 3.63) is 59.4 Å². The highest BCUT2D eigenvalue weighted by atomic mass is 16.5. The molecule has 2 rings (SSSR count). The highest BCUT2D eigenvalue weighted by Crippen LogP contribution is 2.11. The summed E-state index contributed by atoms with van der Waals surface area (Å²) in [6.45, 7) is 8.47. The van der Waals surface area contributed by atoms with Crippen LogP contribution in [0.2, 0.25) is 0 Å². The standard InChI is InChI=1S/C21H32N2O2/c1-4-8-21(24)17-22(13-14-25-3)16-20-11-7-12-23(20)15-19-10-6-5-9-18(19)2/h5-7,9-12,21,24H,4,8,13-17H2,1-3H3/p+1/t21-/m0/s1. The molecule has 25 heavy (non-hydrogen) atoms. The number of methoxy groups -OCH3 is 1. The van der Waals surface area contributed by atoms with Crippen molar-refractivity contribution in [3.8, 4) is 0 Å². The van der Waals surface area contributed by atoms with Crippen LogP contribution in [0.15, 0.2) is 42.6 Å². The minimum atomic E-state index is -0.239. The molecule has 0 saturated carbocycles. The van der Waals surface area contributed by atoms with Crippen LogP contribution >= 0.6 is 0 Å². The first-order chi connectivity index (χ1) is 12.1. The highest BCUT2D eigenvalue weighted by molar-refractivity contribution is 5.26. The lowest BCUT2D eigenvalue weighted by molar-refractivity contribution is -0.917. The van der Waals surface area contributed by atoms with Crippen LogP contribution in [0.25, 0.3) is 0 Å². The fourth-order valence-electron chi connectivity index (χ4n) is 3.27. The van der Waals surface area contributed by atoms with Gasteiger partial charge in [-0.3, -0.25) is 0 Å². The van der Waals surface area contributed by atoms with Gasteiger partial charge in [0.05, 0.1) is 12.3 Å². The summed E-state index contributed by atoms with van der Waals surface area (Å²) < 4.78 is 7.59. The van der Waals surface area contributed by atoms with Crippen LogP contribution in [0.3, 0.4) is 0 Å². The number of hydrogen-bond donors (Lipinski definition) is 2. The molecule has 0 aliphatic heterocycles. The van der Waals surface area contributed by atoms with Crippen molar-refractivity contribution in [2.24, 2.45) is 0 Å². The predicted octanol–water partition coefficient (Wildman–Crippen LogP) is 2.04. The largest absolute Gasteiger partial charge is 0.387 e. The van der Waals surface area contributed by atoms with E-state index in [0.29, 0.717) is 6.61 Å². The first-order valence-electron chi connectivity index (χ1n) is 9.33. The van der Waals surface area contributed by atoms with Crippen molar-refractivity contribution < 1.29 is 14.7 Å². The van der Waals surface area contributed by atoms with Crippen molar-refractivity contribution in [3.63, 3.8) is 0 Å². The Morgan fingerprint density at radius 1 is 1.20 bits per heavy atom. The summed E-state index contributed by atoms with van der Waals surface area (Å²) in [6, 6.07) is 12.8. The van der Waals surface area contributed by atoms with E-state index in [0.717, 1.165) is 39.0 Å². The molecule has 0 radical (unpaired) electrons. The van der Waals surface area contributed by atoms with E-state index in [1.807, 2.05) is 0 Å². The van der Waals surface area contributed by atoms with Crippen LogP contribution in [-0.4, -0.2) is 42.6 Å². The molecule has 0 spiro atoms. The quantitative estimate of drug-likeness (QED) is 0.654. The van der Waals surface area contributed by atoms with Crippen LogP contribution in [0.4, 0.5) is 0 Å². The number of aliphatic hydroxyl groups is 1. The van der Waals surface area contributed by atoms with Crippen molar-refractivity contribution in [2.45, 2.75) is 45.9 Å². The van der Waals surface area contributed by atoms with E-state index in [4.69, 9.17) is 4.74 Å². The van der Waals surface area contributed by atoms with Gasteiger partial charge < -0.3 is 19.3 Å². The van der Waals surface area contributed by atoms with E-state index in [2.05, 4.69) is 61.0 Å². The van der Waals surface area contributed by atoms with E-state index >= 15 is 0 Å². The number of nitrogens with one attached hydrogen (secondary N) is 1. The van der Waals surface area contributed by atoms with Gasteiger partial charge in [-0.1, -0.05) is 37.6 Å². The van der Waals surface area contributed by atoms with Gasteiger partial charge in [0.25, 0.3) is 0 Å². The molecule has 1 unspecified atom stereocenters. The van der Waals surface area contributed by atoms with Crippen molar-refractivity contribution in [2.75, 3.05) is 26.8 Å². The molecule has 0 amide bonds. The van der Waals surface area contributed by atoms with Crippen molar-refractivity contribution >= 4 is 0 Å². The molecule has 1 heterocycles. The number of ether oxygens (including phenoxy) is 1. The molecular weight excluding hydrogens is 312 g/mol. The van der Waals surface area contributed by atoms with Gasteiger partial charge >= 0.3 is 0 Å². The van der Waals surface area contributed by atoms with E-state index < -0.39 is 0 Å². The fraction of sp³-hybridized carbons (Fsp3) is 0.524. The van der Waals surface area contributed by atoms with Gasteiger partial charge in [-0.05, 0) is 36.6 Å². The number of benzene rings is 1. The van der Waals surface area contributed by atoms with Gasteiger partial charge in [-0.25, -0.2) is 0 Å². The molecule has 1 aromatic heterocycles. The number of quaternary nitrogens is 1. The fourth-order valence-corrected chi connectivity index (χ4v) is 3.27. The number of aromatic nitrogens is 1. The Labute approximate surface area is 152 Å². The summed E-state index contributed by atoms with van der Waals surface area (Å²) in [5, 5.41) is 10.2. The predicted molar refractivity (Wildman–Crippen MR) is 102 cm³/mol. The first-order valence-corrected chi connectivity index (χ1v) is 9.33. The maximum atomic E-state index is 10.2. The molecule has 1 aromatic carbocycles. The lowest BCUT2D eigenvalue weighted by atomic mass is 10.1. The summed E-state index contributed by atoms with van der Waals surface area (Å²) in [5.74, 6) is 0. The average molecular weight is 346 g/mol. The summed E-state index contributed by atoms with van der Waals surface area (Å²) in [7, 11) is 1.74. The third-order valence-corrected chi connectivity index (χ3v) is 4.76. The van der Waals surface area contributed by atoms with E-state index in [1.165, 1.54) is 21.7 Å². The summed E-state index contributed by atoms with van der Waals surface area (Å²) in [6.07, 6.45) is 3.79. The Hall–Kier alpha value is -1.62. The molecule has 0 aliphatic carbocycles. The minimum absolute atomic E-state index is 0.239. The SMILES string of the molecule is CCC[C@H](O)C[NH+](CCOC)Cc1cccn1Cc1ccccc1C. The second-order valence-electron chi connectivity index (χ2n) is 6.87. The molecule has 2 atom stereocenters. The molecule has 0 bridgehead atoms. The first kappa shape index (κ1) is 19.7. The number of rotatable bonds is 11. The van der Waals surface area contributed by atoms with Gasteiger partial charge in [-0.2, -0.15) is 0 Å². The van der Waals surface area contributed by atoms with Crippen molar-refractivity contribution in [1.29, 1.82) is 0 Å². The summed E-state index contributed by atoms with van der Waals surface area (Å²) in [4.78, 5) is 1.37. The number of nitrogens with zero attached hydrogens (tertiary/aromatic N) is 1. The zero-order valence-corrected chi connectivity index (χ0v) is 15.9. The van der Waals surface area contributed by atoms with Crippen LogP contribution in [0.1, 0.15) is 36.6 Å². The molecular formula is C21H33N2O2+. The minimum Gasteiger partial charge on any atom is -0.387 e. The smallest absolute Gasteiger partial charge is 0.118 e. The maximum absolute atomic E-state index is 10.2. The molecule has 4 heteroatoms. The van der Waals surface area contributed by atoms with Gasteiger partial charge in [0.1, 0.15) is 25.7 Å². The third-order valence-electron chi connectivity index (χ3n) is 4.76. The Morgan fingerprint density at radius 2 is 2.00 bits per heavy atom. The second kappa shape index (κ2) is 10.4. The lowest BCUT2D eigenvalue weighted by Crippen LogP contribution is -3.12.